The Morgan fingerprint density at radius 1 is 1.36 bits per heavy atom. The van der Waals surface area contributed by atoms with Gasteiger partial charge in [0.15, 0.2) is 5.16 Å². The molecule has 116 valence electrons. The van der Waals surface area contributed by atoms with Crippen LogP contribution in [0.25, 0.3) is 0 Å². The quantitative estimate of drug-likeness (QED) is 0.496. The standard InChI is InChI=1S/C14H15N3O3S2/c1-3-9-7-10(13(19)20-2)12(22-9)17-11(18)8-21-14-15-5-4-6-16-14/h4-7H,3,8H2,1-2H3,(H,17,18). The fourth-order valence-corrected chi connectivity index (χ4v) is 3.23. The summed E-state index contributed by atoms with van der Waals surface area (Å²) in [4.78, 5) is 32.8. The van der Waals surface area contributed by atoms with E-state index < -0.39 is 5.97 Å². The molecule has 0 radical (unpaired) electrons. The van der Waals surface area contributed by atoms with Crippen LogP contribution in [0.2, 0.25) is 0 Å². The van der Waals surface area contributed by atoms with Gasteiger partial charge in [0.2, 0.25) is 5.91 Å². The van der Waals surface area contributed by atoms with Gasteiger partial charge in [-0.25, -0.2) is 14.8 Å². The average Bonchev–Trinajstić information content (AvgIpc) is 2.96. The lowest BCUT2D eigenvalue weighted by Gasteiger charge is -2.04. The molecule has 2 rings (SSSR count). The van der Waals surface area contributed by atoms with E-state index in [0.717, 1.165) is 11.3 Å². The molecule has 8 heteroatoms. The highest BCUT2D eigenvalue weighted by Crippen LogP contribution is 2.29. The molecule has 0 aliphatic rings. The highest BCUT2D eigenvalue weighted by atomic mass is 32.2. The van der Waals surface area contributed by atoms with E-state index in [1.165, 1.54) is 30.2 Å². The van der Waals surface area contributed by atoms with Gasteiger partial charge in [0.1, 0.15) is 5.00 Å². The van der Waals surface area contributed by atoms with Crippen LogP contribution >= 0.6 is 23.1 Å². The summed E-state index contributed by atoms with van der Waals surface area (Å²) in [5, 5.41) is 3.80. The molecule has 0 atom stereocenters. The second kappa shape index (κ2) is 7.90. The molecule has 0 saturated carbocycles. The molecular formula is C14H15N3O3S2. The number of hydrogen-bond acceptors (Lipinski definition) is 7. The van der Waals surface area contributed by atoms with E-state index >= 15 is 0 Å². The van der Waals surface area contributed by atoms with Crippen molar-refractivity contribution in [1.29, 1.82) is 0 Å². The number of amides is 1. The van der Waals surface area contributed by atoms with E-state index in [0.29, 0.717) is 15.7 Å². The van der Waals surface area contributed by atoms with Gasteiger partial charge in [-0.1, -0.05) is 18.7 Å². The normalized spacial score (nSPS) is 10.3. The van der Waals surface area contributed by atoms with Crippen molar-refractivity contribution in [3.05, 3.63) is 35.0 Å². The van der Waals surface area contributed by atoms with Crippen LogP contribution in [0.1, 0.15) is 22.2 Å². The molecule has 2 heterocycles. The Morgan fingerprint density at radius 2 is 2.09 bits per heavy atom. The van der Waals surface area contributed by atoms with Gasteiger partial charge in [-0.2, -0.15) is 0 Å². The van der Waals surface area contributed by atoms with Gasteiger partial charge in [-0.15, -0.1) is 11.3 Å². The summed E-state index contributed by atoms with van der Waals surface area (Å²) in [5.74, 6) is -0.498. The van der Waals surface area contributed by atoms with Crippen LogP contribution in [0.4, 0.5) is 5.00 Å². The van der Waals surface area contributed by atoms with Gasteiger partial charge >= 0.3 is 5.97 Å². The van der Waals surface area contributed by atoms with E-state index in [1.54, 1.807) is 24.5 Å². The van der Waals surface area contributed by atoms with Crippen LogP contribution in [0.5, 0.6) is 0 Å². The Labute approximate surface area is 136 Å². The van der Waals surface area contributed by atoms with E-state index in [-0.39, 0.29) is 11.7 Å². The number of carbonyl (C=O) groups excluding carboxylic acids is 2. The number of ether oxygens (including phenoxy) is 1. The lowest BCUT2D eigenvalue weighted by molar-refractivity contribution is -0.113. The number of hydrogen-bond donors (Lipinski definition) is 1. The van der Waals surface area contributed by atoms with Crippen molar-refractivity contribution in [3.8, 4) is 0 Å². The fraction of sp³-hybridized carbons (Fsp3) is 0.286. The summed E-state index contributed by atoms with van der Waals surface area (Å²) >= 11 is 2.61. The molecular weight excluding hydrogens is 322 g/mol. The van der Waals surface area contributed by atoms with Crippen LogP contribution < -0.4 is 5.32 Å². The maximum atomic E-state index is 12.0. The molecule has 2 aromatic rings. The molecule has 1 amide bonds. The Kier molecular flexibility index (Phi) is 5.91. The molecule has 0 bridgehead atoms. The minimum Gasteiger partial charge on any atom is -0.465 e. The molecule has 2 aromatic heterocycles. The molecule has 0 saturated heterocycles. The van der Waals surface area contributed by atoms with Gasteiger partial charge in [-0.05, 0) is 18.6 Å². The summed E-state index contributed by atoms with van der Waals surface area (Å²) in [6.07, 6.45) is 4.03. The van der Waals surface area contributed by atoms with E-state index in [1.807, 2.05) is 6.92 Å². The first-order chi connectivity index (χ1) is 10.6. The smallest absolute Gasteiger partial charge is 0.340 e. The van der Waals surface area contributed by atoms with Gasteiger partial charge in [0, 0.05) is 17.3 Å². The highest BCUT2D eigenvalue weighted by molar-refractivity contribution is 7.99. The number of esters is 1. The Hall–Kier alpha value is -1.93. The number of nitrogens with one attached hydrogen (secondary N) is 1. The zero-order valence-electron chi connectivity index (χ0n) is 12.2. The lowest BCUT2D eigenvalue weighted by Crippen LogP contribution is -2.15. The van der Waals surface area contributed by atoms with Crippen LogP contribution in [0.15, 0.2) is 29.7 Å². The summed E-state index contributed by atoms with van der Waals surface area (Å²) in [6, 6.07) is 3.46. The monoisotopic (exact) mass is 337 g/mol. The predicted octanol–water partition coefficient (Wildman–Crippen LogP) is 2.62. The molecule has 0 aliphatic carbocycles. The van der Waals surface area contributed by atoms with Crippen LogP contribution in [0.3, 0.4) is 0 Å². The van der Waals surface area contributed by atoms with E-state index in [9.17, 15) is 9.59 Å². The van der Waals surface area contributed by atoms with Crippen molar-refractivity contribution in [2.75, 3.05) is 18.2 Å². The number of nitrogens with zero attached hydrogens (tertiary/aromatic N) is 2. The summed E-state index contributed by atoms with van der Waals surface area (Å²) in [6.45, 7) is 1.99. The SMILES string of the molecule is CCc1cc(C(=O)OC)c(NC(=O)CSc2ncccn2)s1. The van der Waals surface area contributed by atoms with Crippen LogP contribution in [-0.4, -0.2) is 34.7 Å². The third-order valence-corrected chi connectivity index (χ3v) is 4.73. The predicted molar refractivity (Wildman–Crippen MR) is 86.4 cm³/mol. The first-order valence-corrected chi connectivity index (χ1v) is 8.35. The Morgan fingerprint density at radius 3 is 2.73 bits per heavy atom. The Bertz CT molecular complexity index is 659. The first kappa shape index (κ1) is 16.4. The second-order valence-electron chi connectivity index (χ2n) is 4.17. The number of aryl methyl sites for hydroxylation is 1. The zero-order chi connectivity index (χ0) is 15.9. The van der Waals surface area contributed by atoms with Crippen LogP contribution in [0, 0.1) is 0 Å². The van der Waals surface area contributed by atoms with Crippen molar-refractivity contribution in [2.45, 2.75) is 18.5 Å². The maximum absolute atomic E-state index is 12.0. The third-order valence-electron chi connectivity index (χ3n) is 2.66. The molecule has 0 aliphatic heterocycles. The van der Waals surface area contributed by atoms with Gasteiger partial charge in [0.25, 0.3) is 0 Å². The lowest BCUT2D eigenvalue weighted by atomic mass is 10.2. The van der Waals surface area contributed by atoms with Gasteiger partial charge in [0.05, 0.1) is 18.4 Å². The topological polar surface area (TPSA) is 81.2 Å². The van der Waals surface area contributed by atoms with E-state index in [2.05, 4.69) is 15.3 Å². The maximum Gasteiger partial charge on any atom is 0.340 e. The highest BCUT2D eigenvalue weighted by Gasteiger charge is 2.18. The number of thiophene rings is 1. The average molecular weight is 337 g/mol. The van der Waals surface area contributed by atoms with Crippen molar-refractivity contribution >= 4 is 40.0 Å². The van der Waals surface area contributed by atoms with Crippen molar-refractivity contribution in [2.24, 2.45) is 0 Å². The molecule has 0 aromatic carbocycles. The van der Waals surface area contributed by atoms with Gasteiger partial charge in [-0.3, -0.25) is 4.79 Å². The molecule has 6 nitrogen and oxygen atoms in total. The van der Waals surface area contributed by atoms with Crippen molar-refractivity contribution in [3.63, 3.8) is 0 Å². The Balaban J connectivity index is 2.01. The third kappa shape index (κ3) is 4.28. The second-order valence-corrected chi connectivity index (χ2v) is 6.25. The number of thioether (sulfide) groups is 1. The van der Waals surface area contributed by atoms with Crippen molar-refractivity contribution < 1.29 is 14.3 Å². The van der Waals surface area contributed by atoms with Gasteiger partial charge < -0.3 is 10.1 Å². The number of anilines is 1. The van der Waals surface area contributed by atoms with Crippen LogP contribution in [-0.2, 0) is 16.0 Å². The molecule has 0 spiro atoms. The minimum absolute atomic E-state index is 0.171. The van der Waals surface area contributed by atoms with E-state index in [4.69, 9.17) is 4.74 Å². The number of carbonyl (C=O) groups is 2. The minimum atomic E-state index is -0.453. The molecule has 22 heavy (non-hydrogen) atoms. The molecule has 0 unspecified atom stereocenters. The zero-order valence-corrected chi connectivity index (χ0v) is 13.8. The number of methoxy groups -OCH3 is 1. The molecule has 1 N–H and O–H groups in total. The van der Waals surface area contributed by atoms with Crippen molar-refractivity contribution in [1.82, 2.24) is 9.97 Å². The fourth-order valence-electron chi connectivity index (χ4n) is 1.62. The summed E-state index contributed by atoms with van der Waals surface area (Å²) in [5.41, 5.74) is 0.388. The molecule has 0 fully saturated rings. The number of aromatic nitrogens is 2. The summed E-state index contributed by atoms with van der Waals surface area (Å²) < 4.78 is 4.74. The number of rotatable bonds is 6. The summed E-state index contributed by atoms with van der Waals surface area (Å²) in [7, 11) is 1.32. The first-order valence-electron chi connectivity index (χ1n) is 6.54. The largest absolute Gasteiger partial charge is 0.465 e.